The normalized spacial score (nSPS) is 10.6. The summed E-state index contributed by atoms with van der Waals surface area (Å²) in [7, 11) is 1.83. The topological polar surface area (TPSA) is 97.1 Å². The van der Waals surface area contributed by atoms with Crippen LogP contribution in [0.15, 0.2) is 53.7 Å². The predicted molar refractivity (Wildman–Crippen MR) is 104 cm³/mol. The molecule has 0 atom stereocenters. The van der Waals surface area contributed by atoms with Crippen molar-refractivity contribution in [2.75, 3.05) is 11.1 Å². The Morgan fingerprint density at radius 1 is 1.07 bits per heavy atom. The Hall–Kier alpha value is -3.13. The van der Waals surface area contributed by atoms with E-state index in [1.807, 2.05) is 11.6 Å². The lowest BCUT2D eigenvalue weighted by molar-refractivity contribution is -0.114. The van der Waals surface area contributed by atoms with Gasteiger partial charge in [0.1, 0.15) is 5.75 Å². The van der Waals surface area contributed by atoms with Crippen LogP contribution in [-0.2, 0) is 11.8 Å². The number of nitrogens with zero attached hydrogens (tertiary/aromatic N) is 3. The van der Waals surface area contributed by atoms with Gasteiger partial charge in [0.2, 0.25) is 5.91 Å². The summed E-state index contributed by atoms with van der Waals surface area (Å²) in [6.07, 6.45) is 0. The highest BCUT2D eigenvalue weighted by Gasteiger charge is 2.14. The van der Waals surface area contributed by atoms with Crippen LogP contribution in [-0.4, -0.2) is 37.3 Å². The number of nitrogens with one attached hydrogen (secondary N) is 1. The van der Waals surface area contributed by atoms with Gasteiger partial charge in [0.25, 0.3) is 0 Å². The van der Waals surface area contributed by atoms with Crippen molar-refractivity contribution >= 4 is 29.1 Å². The van der Waals surface area contributed by atoms with E-state index in [9.17, 15) is 14.7 Å². The van der Waals surface area contributed by atoms with Crippen LogP contribution in [0.25, 0.3) is 11.4 Å². The molecular weight excluding hydrogens is 364 g/mol. The quantitative estimate of drug-likeness (QED) is 0.502. The highest BCUT2D eigenvalue weighted by molar-refractivity contribution is 7.99. The van der Waals surface area contributed by atoms with Gasteiger partial charge in [0.15, 0.2) is 16.8 Å². The lowest BCUT2D eigenvalue weighted by Gasteiger charge is -2.05. The number of thioether (sulfide) groups is 1. The van der Waals surface area contributed by atoms with Gasteiger partial charge in [0, 0.05) is 30.8 Å². The third-order valence-corrected chi connectivity index (χ3v) is 4.84. The van der Waals surface area contributed by atoms with Crippen LogP contribution in [0.1, 0.15) is 17.3 Å². The second kappa shape index (κ2) is 8.05. The molecule has 0 fully saturated rings. The number of aromatic nitrogens is 3. The van der Waals surface area contributed by atoms with E-state index >= 15 is 0 Å². The summed E-state index contributed by atoms with van der Waals surface area (Å²) in [5.41, 5.74) is 2.05. The van der Waals surface area contributed by atoms with Crippen LogP contribution >= 0.6 is 11.8 Å². The van der Waals surface area contributed by atoms with Crippen molar-refractivity contribution in [1.29, 1.82) is 0 Å². The summed E-state index contributed by atoms with van der Waals surface area (Å²) in [5, 5.41) is 21.0. The molecule has 138 valence electrons. The molecule has 1 aromatic heterocycles. The van der Waals surface area contributed by atoms with Crippen LogP contribution in [0, 0.1) is 0 Å². The summed E-state index contributed by atoms with van der Waals surface area (Å²) >= 11 is 1.30. The van der Waals surface area contributed by atoms with Crippen LogP contribution < -0.4 is 5.32 Å². The molecule has 1 heterocycles. The van der Waals surface area contributed by atoms with Gasteiger partial charge in [-0.2, -0.15) is 0 Å². The third-order valence-electron chi connectivity index (χ3n) is 3.82. The second-order valence-electron chi connectivity index (χ2n) is 5.88. The van der Waals surface area contributed by atoms with Gasteiger partial charge in [-0.1, -0.05) is 11.8 Å². The van der Waals surface area contributed by atoms with Gasteiger partial charge in [-0.15, -0.1) is 10.2 Å². The van der Waals surface area contributed by atoms with E-state index in [0.717, 1.165) is 5.56 Å². The van der Waals surface area contributed by atoms with Crippen molar-refractivity contribution in [3.63, 3.8) is 0 Å². The highest BCUT2D eigenvalue weighted by atomic mass is 32.2. The average Bonchev–Trinajstić information content (AvgIpc) is 3.01. The number of hydrogen-bond acceptors (Lipinski definition) is 6. The number of carbonyl (C=O) groups excluding carboxylic acids is 2. The molecule has 0 aliphatic heterocycles. The molecule has 2 aromatic carbocycles. The first-order chi connectivity index (χ1) is 12.9. The zero-order valence-corrected chi connectivity index (χ0v) is 15.7. The van der Waals surface area contributed by atoms with Gasteiger partial charge in [-0.05, 0) is 48.5 Å². The molecule has 0 aliphatic carbocycles. The number of hydrogen-bond donors (Lipinski definition) is 2. The highest BCUT2D eigenvalue weighted by Crippen LogP contribution is 2.24. The number of benzene rings is 2. The van der Waals surface area contributed by atoms with Crippen molar-refractivity contribution in [2.24, 2.45) is 7.05 Å². The fourth-order valence-electron chi connectivity index (χ4n) is 2.46. The van der Waals surface area contributed by atoms with Crippen LogP contribution in [0.5, 0.6) is 5.75 Å². The largest absolute Gasteiger partial charge is 0.508 e. The van der Waals surface area contributed by atoms with E-state index in [0.29, 0.717) is 22.2 Å². The number of ketones is 1. The van der Waals surface area contributed by atoms with Crippen LogP contribution in [0.3, 0.4) is 0 Å². The Morgan fingerprint density at radius 3 is 2.37 bits per heavy atom. The maximum Gasteiger partial charge on any atom is 0.221 e. The lowest BCUT2D eigenvalue weighted by Crippen LogP contribution is -2.07. The van der Waals surface area contributed by atoms with Crippen molar-refractivity contribution in [1.82, 2.24) is 14.8 Å². The van der Waals surface area contributed by atoms with Crippen molar-refractivity contribution in [3.8, 4) is 17.1 Å². The van der Waals surface area contributed by atoms with Crippen LogP contribution in [0.2, 0.25) is 0 Å². The first kappa shape index (κ1) is 18.7. The average molecular weight is 382 g/mol. The molecule has 3 rings (SSSR count). The number of amides is 1. The predicted octanol–water partition coefficient (Wildman–Crippen LogP) is 3.12. The third kappa shape index (κ3) is 4.53. The van der Waals surface area contributed by atoms with E-state index in [2.05, 4.69) is 15.5 Å². The summed E-state index contributed by atoms with van der Waals surface area (Å²) < 4.78 is 1.81. The Balaban J connectivity index is 1.65. The molecule has 1 amide bonds. The van der Waals surface area contributed by atoms with E-state index in [1.165, 1.54) is 18.7 Å². The van der Waals surface area contributed by atoms with E-state index < -0.39 is 0 Å². The summed E-state index contributed by atoms with van der Waals surface area (Å²) in [6.45, 7) is 1.43. The molecule has 0 saturated heterocycles. The molecule has 27 heavy (non-hydrogen) atoms. The van der Waals surface area contributed by atoms with Crippen molar-refractivity contribution < 1.29 is 14.7 Å². The minimum Gasteiger partial charge on any atom is -0.508 e. The lowest BCUT2D eigenvalue weighted by atomic mass is 10.1. The maximum atomic E-state index is 12.4. The Morgan fingerprint density at radius 2 is 1.74 bits per heavy atom. The molecule has 0 unspecified atom stereocenters. The molecule has 0 spiro atoms. The first-order valence-corrected chi connectivity index (χ1v) is 9.15. The molecule has 2 N–H and O–H groups in total. The summed E-state index contributed by atoms with van der Waals surface area (Å²) in [4.78, 5) is 23.4. The number of carbonyl (C=O) groups is 2. The zero-order chi connectivity index (χ0) is 19.4. The molecule has 0 radical (unpaired) electrons. The number of Topliss-reactive ketones (excluding diaryl/α,β-unsaturated/α-hetero) is 1. The van der Waals surface area contributed by atoms with Gasteiger partial charge in [0.05, 0.1) is 5.75 Å². The SMILES string of the molecule is CC(=O)Nc1ccc(C(=O)CSc2nnc(-c3ccc(O)cc3)n2C)cc1. The summed E-state index contributed by atoms with van der Waals surface area (Å²) in [5.74, 6) is 0.872. The van der Waals surface area contributed by atoms with Crippen molar-refractivity contribution in [2.45, 2.75) is 12.1 Å². The monoisotopic (exact) mass is 382 g/mol. The second-order valence-corrected chi connectivity index (χ2v) is 6.82. The molecular formula is C19H18N4O3S. The smallest absolute Gasteiger partial charge is 0.221 e. The molecule has 7 nitrogen and oxygen atoms in total. The van der Waals surface area contributed by atoms with Gasteiger partial charge >= 0.3 is 0 Å². The van der Waals surface area contributed by atoms with E-state index in [4.69, 9.17) is 0 Å². The zero-order valence-electron chi connectivity index (χ0n) is 14.8. The first-order valence-electron chi connectivity index (χ1n) is 8.16. The van der Waals surface area contributed by atoms with E-state index in [1.54, 1.807) is 48.5 Å². The molecule has 8 heteroatoms. The van der Waals surface area contributed by atoms with Gasteiger partial charge < -0.3 is 15.0 Å². The molecule has 0 aliphatic rings. The van der Waals surface area contributed by atoms with Gasteiger partial charge in [-0.3, -0.25) is 9.59 Å². The number of phenolic OH excluding ortho intramolecular Hbond substituents is 1. The Kier molecular flexibility index (Phi) is 5.56. The van der Waals surface area contributed by atoms with Gasteiger partial charge in [-0.25, -0.2) is 0 Å². The number of anilines is 1. The maximum absolute atomic E-state index is 12.4. The fraction of sp³-hybridized carbons (Fsp3) is 0.158. The standard InChI is InChI=1S/C19H18N4O3S/c1-12(24)20-15-7-3-13(4-8-15)17(26)11-27-19-22-21-18(23(19)2)14-5-9-16(25)10-6-14/h3-10,25H,11H2,1-2H3,(H,20,24). The number of aromatic hydroxyl groups is 1. The fourth-order valence-corrected chi connectivity index (χ4v) is 3.26. The Bertz CT molecular complexity index is 966. The number of rotatable bonds is 6. The Labute approximate surface area is 160 Å². The minimum atomic E-state index is -0.156. The number of phenols is 1. The molecule has 3 aromatic rings. The van der Waals surface area contributed by atoms with E-state index in [-0.39, 0.29) is 23.2 Å². The molecule has 0 saturated carbocycles. The molecule has 0 bridgehead atoms. The van der Waals surface area contributed by atoms with Crippen LogP contribution in [0.4, 0.5) is 5.69 Å². The summed E-state index contributed by atoms with van der Waals surface area (Å²) in [6, 6.07) is 13.5. The van der Waals surface area contributed by atoms with Crippen molar-refractivity contribution in [3.05, 3.63) is 54.1 Å². The minimum absolute atomic E-state index is 0.0384.